The Morgan fingerprint density at radius 3 is 2.39 bits per heavy atom. The maximum Gasteiger partial charge on any atom is 0.242 e. The zero-order valence-corrected chi connectivity index (χ0v) is 13.0. The smallest absolute Gasteiger partial charge is 0.242 e. The van der Waals surface area contributed by atoms with Gasteiger partial charge in [0.2, 0.25) is 17.7 Å². The Morgan fingerprint density at radius 2 is 1.78 bits per heavy atom. The summed E-state index contributed by atoms with van der Waals surface area (Å²) < 4.78 is 13.0. The largest absolute Gasteiger partial charge is 0.347 e. The number of carbonyl (C=O) groups excluding carboxylic acids is 3. The first-order chi connectivity index (χ1) is 11.0. The van der Waals surface area contributed by atoms with Gasteiger partial charge in [0.25, 0.3) is 0 Å². The van der Waals surface area contributed by atoms with Gasteiger partial charge in [-0.2, -0.15) is 0 Å². The van der Waals surface area contributed by atoms with E-state index in [4.69, 9.17) is 0 Å². The lowest BCUT2D eigenvalue weighted by Crippen LogP contribution is -2.52. The van der Waals surface area contributed by atoms with Gasteiger partial charge in [-0.1, -0.05) is 12.1 Å². The second-order valence-corrected chi connectivity index (χ2v) is 5.47. The van der Waals surface area contributed by atoms with Crippen molar-refractivity contribution in [1.82, 2.24) is 15.1 Å². The number of piperazine rings is 1. The molecule has 0 bridgehead atoms. The van der Waals surface area contributed by atoms with E-state index in [0.717, 1.165) is 0 Å². The molecule has 3 amide bonds. The fourth-order valence-electron chi connectivity index (χ4n) is 2.45. The number of carbonyl (C=O) groups is 3. The van der Waals surface area contributed by atoms with Gasteiger partial charge in [0.05, 0.1) is 13.0 Å². The Kier molecular flexibility index (Phi) is 5.67. The van der Waals surface area contributed by atoms with Crippen LogP contribution < -0.4 is 5.32 Å². The Bertz CT molecular complexity index is 598. The third-order valence-corrected chi connectivity index (χ3v) is 3.77. The molecule has 23 heavy (non-hydrogen) atoms. The molecule has 6 nitrogen and oxygen atoms in total. The van der Waals surface area contributed by atoms with Gasteiger partial charge in [-0.15, -0.1) is 0 Å². The van der Waals surface area contributed by atoms with Crippen molar-refractivity contribution >= 4 is 17.7 Å². The maximum atomic E-state index is 13.0. The lowest BCUT2D eigenvalue weighted by Gasteiger charge is -2.34. The molecule has 2 rings (SSSR count). The van der Waals surface area contributed by atoms with E-state index in [-0.39, 0.29) is 30.7 Å². The van der Waals surface area contributed by atoms with E-state index >= 15 is 0 Å². The van der Waals surface area contributed by atoms with Gasteiger partial charge in [-0.25, -0.2) is 4.39 Å². The van der Waals surface area contributed by atoms with Crippen molar-refractivity contribution in [3.63, 3.8) is 0 Å². The van der Waals surface area contributed by atoms with Gasteiger partial charge >= 0.3 is 0 Å². The summed E-state index contributed by atoms with van der Waals surface area (Å²) in [5.74, 6) is -0.901. The highest BCUT2D eigenvalue weighted by Crippen LogP contribution is 2.05. The predicted molar refractivity (Wildman–Crippen MR) is 81.9 cm³/mol. The van der Waals surface area contributed by atoms with E-state index in [1.807, 2.05) is 0 Å². The van der Waals surface area contributed by atoms with Crippen molar-refractivity contribution < 1.29 is 18.8 Å². The molecule has 0 aromatic heterocycles. The standard InChI is InChI=1S/C16H20FN3O3/c1-12(21)19-5-7-20(8-6-19)16(23)11-18-15(22)10-13-3-2-4-14(17)9-13/h2-4,9H,5-8,10-11H2,1H3,(H,18,22). The summed E-state index contributed by atoms with van der Waals surface area (Å²) in [4.78, 5) is 38.4. The van der Waals surface area contributed by atoms with Crippen LogP contribution in [0.2, 0.25) is 0 Å². The average Bonchev–Trinajstić information content (AvgIpc) is 2.52. The van der Waals surface area contributed by atoms with Crippen LogP contribution in [-0.4, -0.2) is 60.2 Å². The van der Waals surface area contributed by atoms with Crippen LogP contribution in [0, 0.1) is 5.82 Å². The first kappa shape index (κ1) is 16.9. The van der Waals surface area contributed by atoms with Crippen molar-refractivity contribution in [1.29, 1.82) is 0 Å². The van der Waals surface area contributed by atoms with Crippen LogP contribution in [0.3, 0.4) is 0 Å². The van der Waals surface area contributed by atoms with Crippen LogP contribution in [0.1, 0.15) is 12.5 Å². The van der Waals surface area contributed by atoms with Crippen molar-refractivity contribution in [2.45, 2.75) is 13.3 Å². The van der Waals surface area contributed by atoms with Crippen LogP contribution in [0.25, 0.3) is 0 Å². The van der Waals surface area contributed by atoms with E-state index in [0.29, 0.717) is 31.7 Å². The summed E-state index contributed by atoms with van der Waals surface area (Å²) in [7, 11) is 0. The molecule has 1 N–H and O–H groups in total. The zero-order valence-electron chi connectivity index (χ0n) is 13.0. The Hall–Kier alpha value is -2.44. The minimum atomic E-state index is -0.394. The zero-order chi connectivity index (χ0) is 16.8. The SMILES string of the molecule is CC(=O)N1CCN(C(=O)CNC(=O)Cc2cccc(F)c2)CC1. The molecular formula is C16H20FN3O3. The molecule has 0 unspecified atom stereocenters. The monoisotopic (exact) mass is 321 g/mol. The molecule has 1 saturated heterocycles. The number of rotatable bonds is 4. The van der Waals surface area contributed by atoms with E-state index in [1.54, 1.807) is 15.9 Å². The minimum Gasteiger partial charge on any atom is -0.347 e. The van der Waals surface area contributed by atoms with Crippen LogP contribution >= 0.6 is 0 Å². The van der Waals surface area contributed by atoms with E-state index in [9.17, 15) is 18.8 Å². The summed E-state index contributed by atoms with van der Waals surface area (Å²) in [6, 6.07) is 5.80. The summed E-state index contributed by atoms with van der Waals surface area (Å²) >= 11 is 0. The number of nitrogens with zero attached hydrogens (tertiary/aromatic N) is 2. The summed E-state index contributed by atoms with van der Waals surface area (Å²) in [5, 5.41) is 2.55. The number of hydrogen-bond acceptors (Lipinski definition) is 3. The molecular weight excluding hydrogens is 301 g/mol. The summed E-state index contributed by atoms with van der Waals surface area (Å²) in [6.45, 7) is 3.38. The quantitative estimate of drug-likeness (QED) is 0.860. The van der Waals surface area contributed by atoms with Crippen LogP contribution in [0.4, 0.5) is 4.39 Å². The van der Waals surface area contributed by atoms with Crippen LogP contribution in [-0.2, 0) is 20.8 Å². The van der Waals surface area contributed by atoms with Gasteiger partial charge in [0.15, 0.2) is 0 Å². The normalized spacial score (nSPS) is 14.5. The fourth-order valence-corrected chi connectivity index (χ4v) is 2.45. The van der Waals surface area contributed by atoms with Crippen LogP contribution in [0.15, 0.2) is 24.3 Å². The van der Waals surface area contributed by atoms with E-state index < -0.39 is 5.82 Å². The number of nitrogens with one attached hydrogen (secondary N) is 1. The van der Waals surface area contributed by atoms with E-state index in [2.05, 4.69) is 5.32 Å². The first-order valence-electron chi connectivity index (χ1n) is 7.50. The Morgan fingerprint density at radius 1 is 1.13 bits per heavy atom. The van der Waals surface area contributed by atoms with Crippen LogP contribution in [0.5, 0.6) is 0 Å². The number of amides is 3. The molecule has 1 aromatic carbocycles. The summed E-state index contributed by atoms with van der Waals surface area (Å²) in [5.41, 5.74) is 0.560. The molecule has 0 atom stereocenters. The van der Waals surface area contributed by atoms with Gasteiger partial charge in [-0.05, 0) is 17.7 Å². The highest BCUT2D eigenvalue weighted by Gasteiger charge is 2.22. The molecule has 1 heterocycles. The minimum absolute atomic E-state index is 0.000458. The van der Waals surface area contributed by atoms with E-state index in [1.165, 1.54) is 25.1 Å². The fraction of sp³-hybridized carbons (Fsp3) is 0.438. The molecule has 1 aromatic rings. The lowest BCUT2D eigenvalue weighted by molar-refractivity contribution is -0.138. The molecule has 1 aliphatic rings. The molecule has 0 spiro atoms. The van der Waals surface area contributed by atoms with Crippen molar-refractivity contribution in [2.24, 2.45) is 0 Å². The molecule has 1 aliphatic heterocycles. The van der Waals surface area contributed by atoms with Gasteiger partial charge in [0, 0.05) is 33.1 Å². The molecule has 0 radical (unpaired) electrons. The molecule has 0 aliphatic carbocycles. The highest BCUT2D eigenvalue weighted by atomic mass is 19.1. The second-order valence-electron chi connectivity index (χ2n) is 5.47. The molecule has 7 heteroatoms. The number of benzene rings is 1. The number of halogens is 1. The maximum absolute atomic E-state index is 13.0. The predicted octanol–water partition coefficient (Wildman–Crippen LogP) is 0.175. The highest BCUT2D eigenvalue weighted by molar-refractivity contribution is 5.86. The third-order valence-electron chi connectivity index (χ3n) is 3.77. The molecule has 1 fully saturated rings. The van der Waals surface area contributed by atoms with Crippen molar-refractivity contribution in [3.05, 3.63) is 35.6 Å². The second kappa shape index (κ2) is 7.71. The number of hydrogen-bond donors (Lipinski definition) is 1. The third kappa shape index (κ3) is 5.05. The first-order valence-corrected chi connectivity index (χ1v) is 7.50. The lowest BCUT2D eigenvalue weighted by atomic mass is 10.1. The van der Waals surface area contributed by atoms with Gasteiger partial charge in [-0.3, -0.25) is 14.4 Å². The molecule has 124 valence electrons. The molecule has 0 saturated carbocycles. The summed E-state index contributed by atoms with van der Waals surface area (Å²) in [6.07, 6.45) is 0.0309. The Labute approximate surface area is 134 Å². The topological polar surface area (TPSA) is 69.7 Å². The Balaban J connectivity index is 1.74. The van der Waals surface area contributed by atoms with Gasteiger partial charge in [0.1, 0.15) is 5.82 Å². The van der Waals surface area contributed by atoms with Gasteiger partial charge < -0.3 is 15.1 Å². The van der Waals surface area contributed by atoms with Crippen molar-refractivity contribution in [2.75, 3.05) is 32.7 Å². The van der Waals surface area contributed by atoms with Crippen molar-refractivity contribution in [3.8, 4) is 0 Å². The average molecular weight is 321 g/mol.